The first-order valence-corrected chi connectivity index (χ1v) is 8.13. The Morgan fingerprint density at radius 1 is 1.38 bits per heavy atom. The largest absolute Gasteiger partial charge is 0.495 e. The Bertz CT molecular complexity index is 679. The molecule has 130 valence electrons. The molecule has 0 aromatic rings. The van der Waals surface area contributed by atoms with Crippen LogP contribution in [0.1, 0.15) is 27.2 Å². The van der Waals surface area contributed by atoms with Crippen molar-refractivity contribution in [3.63, 3.8) is 0 Å². The van der Waals surface area contributed by atoms with Crippen molar-refractivity contribution in [1.29, 1.82) is 0 Å². The number of hydrogen-bond acceptors (Lipinski definition) is 6. The third-order valence-electron chi connectivity index (χ3n) is 5.88. The summed E-state index contributed by atoms with van der Waals surface area (Å²) in [5, 5.41) is 11.3. The Hall–Kier alpha value is -1.63. The van der Waals surface area contributed by atoms with Gasteiger partial charge in [0.05, 0.1) is 17.6 Å². The molecular formula is C18H22O6. The Morgan fingerprint density at radius 2 is 2.08 bits per heavy atom. The topological polar surface area (TPSA) is 74.2 Å². The van der Waals surface area contributed by atoms with Gasteiger partial charge in [-0.2, -0.15) is 0 Å². The Kier molecular flexibility index (Phi) is 2.98. The van der Waals surface area contributed by atoms with Gasteiger partial charge in [-0.15, -0.1) is 0 Å². The molecule has 6 heteroatoms. The van der Waals surface area contributed by atoms with Crippen LogP contribution in [0.3, 0.4) is 0 Å². The van der Waals surface area contributed by atoms with Gasteiger partial charge in [0.25, 0.3) is 0 Å². The highest BCUT2D eigenvalue weighted by Crippen LogP contribution is 2.61. The molecular weight excluding hydrogens is 312 g/mol. The molecule has 0 radical (unpaired) electrons. The van der Waals surface area contributed by atoms with Gasteiger partial charge in [0, 0.05) is 12.0 Å². The highest BCUT2D eigenvalue weighted by Gasteiger charge is 2.75. The predicted octanol–water partition coefficient (Wildman–Crippen LogP) is 1.80. The fourth-order valence-corrected chi connectivity index (χ4v) is 4.78. The third-order valence-corrected chi connectivity index (χ3v) is 5.88. The van der Waals surface area contributed by atoms with Crippen molar-refractivity contribution < 1.29 is 29.1 Å². The third kappa shape index (κ3) is 1.74. The molecule has 0 aromatic carbocycles. The number of ether oxygens (including phenoxy) is 2. The minimum atomic E-state index is -1.28. The summed E-state index contributed by atoms with van der Waals surface area (Å²) >= 11 is 0. The van der Waals surface area contributed by atoms with Crippen LogP contribution in [0, 0.1) is 11.8 Å². The van der Waals surface area contributed by atoms with Crippen LogP contribution in [0.2, 0.25) is 0 Å². The van der Waals surface area contributed by atoms with Crippen molar-refractivity contribution in [2.75, 3.05) is 0 Å². The van der Waals surface area contributed by atoms with Crippen molar-refractivity contribution in [2.45, 2.75) is 56.2 Å². The van der Waals surface area contributed by atoms with E-state index in [9.17, 15) is 9.90 Å². The highest BCUT2D eigenvalue weighted by atomic mass is 17.2. The van der Waals surface area contributed by atoms with E-state index in [0.29, 0.717) is 11.3 Å². The maximum atomic E-state index is 12.2. The van der Waals surface area contributed by atoms with Crippen LogP contribution >= 0.6 is 0 Å². The van der Waals surface area contributed by atoms with Crippen LogP contribution in [-0.2, 0) is 24.0 Å². The molecule has 6 nitrogen and oxygen atoms in total. The summed E-state index contributed by atoms with van der Waals surface area (Å²) in [6, 6.07) is 0. The average Bonchev–Trinajstić information content (AvgIpc) is 3.01. The molecule has 1 N–H and O–H groups in total. The Morgan fingerprint density at radius 3 is 2.67 bits per heavy atom. The van der Waals surface area contributed by atoms with E-state index in [1.165, 1.54) is 0 Å². The molecule has 0 spiro atoms. The van der Waals surface area contributed by atoms with Gasteiger partial charge in [-0.3, -0.25) is 0 Å². The van der Waals surface area contributed by atoms with E-state index < -0.39 is 40.9 Å². The highest BCUT2D eigenvalue weighted by molar-refractivity contribution is 5.91. The van der Waals surface area contributed by atoms with Crippen LogP contribution in [-0.4, -0.2) is 40.1 Å². The van der Waals surface area contributed by atoms with E-state index in [4.69, 9.17) is 19.2 Å². The minimum absolute atomic E-state index is 0.233. The SMILES string of the molecule is C=C(C)OC1CC(C)(O)C23C=CC(C)(OO2)C3C2OC(=O)C(=C)C12. The first kappa shape index (κ1) is 15.9. The average molecular weight is 334 g/mol. The molecule has 4 aliphatic rings. The molecule has 2 aliphatic carbocycles. The molecule has 2 bridgehead atoms. The van der Waals surface area contributed by atoms with Crippen molar-refractivity contribution in [2.24, 2.45) is 11.8 Å². The second-order valence-electron chi connectivity index (χ2n) is 7.71. The summed E-state index contributed by atoms with van der Waals surface area (Å²) < 4.78 is 11.5. The lowest BCUT2D eigenvalue weighted by molar-refractivity contribution is -0.361. The van der Waals surface area contributed by atoms with E-state index >= 15 is 0 Å². The van der Waals surface area contributed by atoms with Crippen LogP contribution in [0.4, 0.5) is 0 Å². The lowest BCUT2D eigenvalue weighted by Gasteiger charge is -2.40. The van der Waals surface area contributed by atoms with E-state index in [-0.39, 0.29) is 12.3 Å². The first-order chi connectivity index (χ1) is 11.1. The van der Waals surface area contributed by atoms with Gasteiger partial charge in [-0.1, -0.05) is 19.2 Å². The molecule has 2 heterocycles. The number of esters is 1. The van der Waals surface area contributed by atoms with Crippen LogP contribution < -0.4 is 0 Å². The molecule has 1 saturated carbocycles. The van der Waals surface area contributed by atoms with Gasteiger partial charge in [0.2, 0.25) is 0 Å². The van der Waals surface area contributed by atoms with Gasteiger partial charge in [0.15, 0.2) is 5.60 Å². The van der Waals surface area contributed by atoms with Crippen LogP contribution in [0.15, 0.2) is 36.6 Å². The molecule has 0 amide bonds. The fraction of sp³-hybridized carbons (Fsp3) is 0.611. The van der Waals surface area contributed by atoms with Crippen LogP contribution in [0.25, 0.3) is 0 Å². The van der Waals surface area contributed by atoms with Gasteiger partial charge in [-0.05, 0) is 26.8 Å². The number of allylic oxidation sites excluding steroid dienone is 1. The zero-order valence-electron chi connectivity index (χ0n) is 14.1. The monoisotopic (exact) mass is 334 g/mol. The second kappa shape index (κ2) is 4.50. The Labute approximate surface area is 140 Å². The molecule has 24 heavy (non-hydrogen) atoms. The van der Waals surface area contributed by atoms with Crippen molar-refractivity contribution in [3.8, 4) is 0 Å². The van der Waals surface area contributed by atoms with Crippen LogP contribution in [0.5, 0.6) is 0 Å². The van der Waals surface area contributed by atoms with Crippen molar-refractivity contribution in [1.82, 2.24) is 0 Å². The van der Waals surface area contributed by atoms with Crippen molar-refractivity contribution in [3.05, 3.63) is 36.6 Å². The summed E-state index contributed by atoms with van der Waals surface area (Å²) in [5.41, 5.74) is -2.80. The second-order valence-corrected chi connectivity index (χ2v) is 7.71. The van der Waals surface area contributed by atoms with E-state index in [2.05, 4.69) is 13.2 Å². The molecule has 7 unspecified atom stereocenters. The number of carbonyl (C=O) groups excluding carboxylic acids is 1. The minimum Gasteiger partial charge on any atom is -0.495 e. The summed E-state index contributed by atoms with van der Waals surface area (Å²) in [5.74, 6) is -0.703. The van der Waals surface area contributed by atoms with Gasteiger partial charge < -0.3 is 14.6 Å². The summed E-state index contributed by atoms with van der Waals surface area (Å²) in [6.07, 6.45) is 2.91. The molecule has 2 saturated heterocycles. The first-order valence-electron chi connectivity index (χ1n) is 8.13. The normalized spacial score (nSPS) is 51.8. The smallest absolute Gasteiger partial charge is 0.334 e. The summed E-state index contributed by atoms with van der Waals surface area (Å²) in [4.78, 5) is 23.4. The molecule has 7 atom stereocenters. The zero-order valence-corrected chi connectivity index (χ0v) is 14.1. The number of carbonyl (C=O) groups is 1. The maximum absolute atomic E-state index is 12.2. The molecule has 0 aromatic heterocycles. The lowest BCUT2D eigenvalue weighted by Crippen LogP contribution is -2.56. The summed E-state index contributed by atoms with van der Waals surface area (Å²) in [7, 11) is 0. The fourth-order valence-electron chi connectivity index (χ4n) is 4.78. The summed E-state index contributed by atoms with van der Waals surface area (Å²) in [6.45, 7) is 13.0. The quantitative estimate of drug-likeness (QED) is 0.273. The van der Waals surface area contributed by atoms with E-state index in [1.54, 1.807) is 13.8 Å². The number of rotatable bonds is 2. The van der Waals surface area contributed by atoms with E-state index in [1.807, 2.05) is 19.1 Å². The van der Waals surface area contributed by atoms with Gasteiger partial charge in [-0.25, -0.2) is 14.6 Å². The van der Waals surface area contributed by atoms with Gasteiger partial charge in [0.1, 0.15) is 23.4 Å². The lowest BCUT2D eigenvalue weighted by atomic mass is 9.71. The maximum Gasteiger partial charge on any atom is 0.334 e. The number of fused-ring (bicyclic) bond motifs is 1. The standard InChI is InChI=1S/C18H22O6/c1-9(2)21-11-8-17(5,20)18-7-6-16(4,23-24-18)14(18)13-12(11)10(3)15(19)22-13/h6-7,11-14,20H,1,3,8H2,2,4-5H3. The zero-order chi connectivity index (χ0) is 17.5. The number of hydrogen-bond donors (Lipinski definition) is 1. The Balaban J connectivity index is 1.87. The molecule has 4 rings (SSSR count). The number of aliphatic hydroxyl groups is 1. The predicted molar refractivity (Wildman–Crippen MR) is 83.4 cm³/mol. The van der Waals surface area contributed by atoms with E-state index in [0.717, 1.165) is 0 Å². The molecule has 3 fully saturated rings. The van der Waals surface area contributed by atoms with Gasteiger partial charge >= 0.3 is 5.97 Å². The molecule has 2 aliphatic heterocycles. The van der Waals surface area contributed by atoms with Crippen molar-refractivity contribution >= 4 is 5.97 Å².